The largest absolute Gasteiger partial charge is 0.334 e. The summed E-state index contributed by atoms with van der Waals surface area (Å²) in [6.07, 6.45) is 0. The summed E-state index contributed by atoms with van der Waals surface area (Å²) in [5.74, 6) is 7.32. The van der Waals surface area contributed by atoms with Gasteiger partial charge in [0.15, 0.2) is 0 Å². The first kappa shape index (κ1) is 19.0. The summed E-state index contributed by atoms with van der Waals surface area (Å²) < 4.78 is 1.43. The number of hydrogen-bond acceptors (Lipinski definition) is 6. The van der Waals surface area contributed by atoms with Crippen LogP contribution in [0.15, 0.2) is 77.0 Å². The van der Waals surface area contributed by atoms with E-state index in [0.29, 0.717) is 11.1 Å². The summed E-state index contributed by atoms with van der Waals surface area (Å²) in [4.78, 5) is 0. The molecule has 1 aromatic heterocycles. The number of hydrazone groups is 1. The van der Waals surface area contributed by atoms with E-state index in [4.69, 9.17) is 5.84 Å². The first-order valence-corrected chi connectivity index (χ1v) is 10.3. The number of aryl methyl sites for hydroxylation is 1. The fourth-order valence-corrected chi connectivity index (χ4v) is 3.91. The fraction of sp³-hybridized carbons (Fsp3) is 0.136. The smallest absolute Gasteiger partial charge is 0.264 e. The highest BCUT2D eigenvalue weighted by atomic mass is 32.2. The van der Waals surface area contributed by atoms with Gasteiger partial charge in [0, 0.05) is 5.75 Å². The lowest BCUT2D eigenvalue weighted by Gasteiger charge is -2.06. The first-order valence-electron chi connectivity index (χ1n) is 9.29. The third kappa shape index (κ3) is 4.25. The second-order valence-electron chi connectivity index (χ2n) is 6.76. The normalized spacial score (nSPS) is 11.7. The zero-order valence-electron chi connectivity index (χ0n) is 16.3. The average molecular weight is 403 g/mol. The van der Waals surface area contributed by atoms with E-state index in [2.05, 4.69) is 70.1 Å². The van der Waals surface area contributed by atoms with Crippen LogP contribution in [0.5, 0.6) is 0 Å². The number of fused-ring (bicyclic) bond motifs is 1. The lowest BCUT2D eigenvalue weighted by Crippen LogP contribution is -2.14. The number of aromatic nitrogens is 3. The standard InChI is InChI=1S/C22H22N6S/c1-15-7-3-4-10-20(15)14-29-22-27-26-21(28(22)23)25-24-16(2)18-12-11-17-8-5-6-9-19(17)13-18/h3-13H,14,23H2,1-2H3,(H,25,26)/b24-16+. The van der Waals surface area contributed by atoms with Crippen LogP contribution >= 0.6 is 11.8 Å². The maximum absolute atomic E-state index is 6.14. The summed E-state index contributed by atoms with van der Waals surface area (Å²) in [7, 11) is 0. The minimum atomic E-state index is 0.400. The fourth-order valence-electron chi connectivity index (χ4n) is 2.98. The van der Waals surface area contributed by atoms with Crippen LogP contribution in [0.4, 0.5) is 5.95 Å². The summed E-state index contributed by atoms with van der Waals surface area (Å²) in [5, 5.41) is 15.7. The van der Waals surface area contributed by atoms with Crippen LogP contribution in [0.25, 0.3) is 10.8 Å². The van der Waals surface area contributed by atoms with Gasteiger partial charge in [-0.25, -0.2) is 10.1 Å². The van der Waals surface area contributed by atoms with E-state index in [1.54, 1.807) is 11.8 Å². The predicted octanol–water partition coefficient (Wildman–Crippen LogP) is 4.58. The van der Waals surface area contributed by atoms with Crippen LogP contribution < -0.4 is 11.3 Å². The maximum atomic E-state index is 6.14. The Hall–Kier alpha value is -3.32. The minimum absolute atomic E-state index is 0.400. The molecule has 0 atom stereocenters. The number of anilines is 1. The zero-order chi connectivity index (χ0) is 20.2. The van der Waals surface area contributed by atoms with Crippen LogP contribution in [-0.4, -0.2) is 20.6 Å². The topological polar surface area (TPSA) is 81.1 Å². The molecule has 146 valence electrons. The lowest BCUT2D eigenvalue weighted by atomic mass is 10.0. The Balaban J connectivity index is 1.46. The molecule has 0 fully saturated rings. The van der Waals surface area contributed by atoms with Gasteiger partial charge in [-0.1, -0.05) is 72.4 Å². The van der Waals surface area contributed by atoms with E-state index in [0.717, 1.165) is 17.0 Å². The van der Waals surface area contributed by atoms with Gasteiger partial charge < -0.3 is 5.84 Å². The third-order valence-electron chi connectivity index (χ3n) is 4.77. The molecule has 1 heterocycles. The molecular formula is C22H22N6S. The molecule has 0 bridgehead atoms. The second kappa shape index (κ2) is 8.36. The van der Waals surface area contributed by atoms with Gasteiger partial charge in [0.25, 0.3) is 5.95 Å². The van der Waals surface area contributed by atoms with Crippen molar-refractivity contribution in [2.45, 2.75) is 24.8 Å². The molecule has 0 saturated carbocycles. The van der Waals surface area contributed by atoms with Crippen molar-refractivity contribution >= 4 is 34.2 Å². The van der Waals surface area contributed by atoms with E-state index < -0.39 is 0 Å². The highest BCUT2D eigenvalue weighted by molar-refractivity contribution is 7.98. The molecule has 0 spiro atoms. The molecule has 0 amide bonds. The number of nitrogens with two attached hydrogens (primary N) is 1. The van der Waals surface area contributed by atoms with Crippen LogP contribution in [-0.2, 0) is 5.75 Å². The predicted molar refractivity (Wildman–Crippen MR) is 121 cm³/mol. The molecule has 0 unspecified atom stereocenters. The third-order valence-corrected chi connectivity index (χ3v) is 5.77. The quantitative estimate of drug-likeness (QED) is 0.213. The monoisotopic (exact) mass is 402 g/mol. The number of thioether (sulfide) groups is 1. The van der Waals surface area contributed by atoms with E-state index in [1.165, 1.54) is 26.6 Å². The van der Waals surface area contributed by atoms with Gasteiger partial charge in [-0.2, -0.15) is 5.10 Å². The van der Waals surface area contributed by atoms with Crippen molar-refractivity contribution in [2.75, 3.05) is 11.3 Å². The van der Waals surface area contributed by atoms with Gasteiger partial charge in [-0.15, -0.1) is 10.2 Å². The maximum Gasteiger partial charge on any atom is 0.264 e. The Morgan fingerprint density at radius 3 is 2.62 bits per heavy atom. The van der Waals surface area contributed by atoms with Crippen molar-refractivity contribution in [1.82, 2.24) is 14.9 Å². The molecule has 0 aliphatic carbocycles. The van der Waals surface area contributed by atoms with E-state index in [-0.39, 0.29) is 0 Å². The van der Waals surface area contributed by atoms with Gasteiger partial charge in [0.05, 0.1) is 5.71 Å². The molecular weight excluding hydrogens is 380 g/mol. The van der Waals surface area contributed by atoms with Crippen molar-refractivity contribution < 1.29 is 0 Å². The molecule has 7 heteroatoms. The van der Waals surface area contributed by atoms with Crippen LogP contribution in [0, 0.1) is 6.92 Å². The number of nitrogen functional groups attached to an aromatic ring is 1. The van der Waals surface area contributed by atoms with Crippen molar-refractivity contribution in [2.24, 2.45) is 5.10 Å². The van der Waals surface area contributed by atoms with E-state index in [1.807, 2.05) is 31.2 Å². The molecule has 0 aliphatic rings. The Morgan fingerprint density at radius 2 is 1.79 bits per heavy atom. The van der Waals surface area contributed by atoms with Crippen LogP contribution in [0.2, 0.25) is 0 Å². The molecule has 0 saturated heterocycles. The van der Waals surface area contributed by atoms with Crippen molar-refractivity contribution in [1.29, 1.82) is 0 Å². The van der Waals surface area contributed by atoms with Gasteiger partial charge >= 0.3 is 0 Å². The van der Waals surface area contributed by atoms with Gasteiger partial charge in [0.1, 0.15) is 0 Å². The molecule has 0 radical (unpaired) electrons. The van der Waals surface area contributed by atoms with Gasteiger partial charge in [-0.05, 0) is 47.4 Å². The SMILES string of the molecule is C/C(=N\Nc1nnc(SCc2ccccc2C)n1N)c1ccc2ccccc2c1. The number of nitrogens with zero attached hydrogens (tertiary/aromatic N) is 4. The average Bonchev–Trinajstić information content (AvgIpc) is 3.10. The van der Waals surface area contributed by atoms with E-state index in [9.17, 15) is 0 Å². The highest BCUT2D eigenvalue weighted by Gasteiger charge is 2.11. The molecule has 29 heavy (non-hydrogen) atoms. The summed E-state index contributed by atoms with van der Waals surface area (Å²) in [6.45, 7) is 4.04. The molecule has 4 rings (SSSR count). The summed E-state index contributed by atoms with van der Waals surface area (Å²) in [5.41, 5.74) is 7.30. The van der Waals surface area contributed by atoms with Crippen LogP contribution in [0.3, 0.4) is 0 Å². The Labute approximate surface area is 173 Å². The molecule has 6 nitrogen and oxygen atoms in total. The van der Waals surface area contributed by atoms with Crippen molar-refractivity contribution in [3.8, 4) is 0 Å². The number of hydrogen-bond donors (Lipinski definition) is 2. The van der Waals surface area contributed by atoms with E-state index >= 15 is 0 Å². The van der Waals surface area contributed by atoms with Crippen molar-refractivity contribution in [3.63, 3.8) is 0 Å². The number of nitrogens with one attached hydrogen (secondary N) is 1. The zero-order valence-corrected chi connectivity index (χ0v) is 17.1. The van der Waals surface area contributed by atoms with Gasteiger partial charge in [-0.3, -0.25) is 0 Å². The lowest BCUT2D eigenvalue weighted by molar-refractivity contribution is 0.846. The molecule has 4 aromatic rings. The highest BCUT2D eigenvalue weighted by Crippen LogP contribution is 2.23. The number of benzene rings is 3. The Morgan fingerprint density at radius 1 is 1.03 bits per heavy atom. The van der Waals surface area contributed by atoms with Crippen LogP contribution in [0.1, 0.15) is 23.6 Å². The minimum Gasteiger partial charge on any atom is -0.334 e. The molecule has 3 aromatic carbocycles. The summed E-state index contributed by atoms with van der Waals surface area (Å²) in [6, 6.07) is 22.8. The molecule has 0 aliphatic heterocycles. The Kier molecular flexibility index (Phi) is 5.48. The molecule has 3 N–H and O–H groups in total. The first-order chi connectivity index (χ1) is 14.1. The van der Waals surface area contributed by atoms with Crippen molar-refractivity contribution in [3.05, 3.63) is 83.4 Å². The van der Waals surface area contributed by atoms with Gasteiger partial charge in [0.2, 0.25) is 5.16 Å². The summed E-state index contributed by atoms with van der Waals surface area (Å²) >= 11 is 1.54. The second-order valence-corrected chi connectivity index (χ2v) is 7.70. The number of rotatable bonds is 6. The Bertz CT molecular complexity index is 1180.